The van der Waals surface area contributed by atoms with Crippen LogP contribution in [0.2, 0.25) is 0 Å². The molecule has 0 aliphatic rings. The fourth-order valence-electron chi connectivity index (χ4n) is 2.67. The van der Waals surface area contributed by atoms with Crippen molar-refractivity contribution in [1.82, 2.24) is 14.6 Å². The van der Waals surface area contributed by atoms with E-state index in [0.29, 0.717) is 5.03 Å². The molecule has 2 aromatic heterocycles. The van der Waals surface area contributed by atoms with Crippen LogP contribution < -0.4 is 5.32 Å². The van der Waals surface area contributed by atoms with Gasteiger partial charge in [0.1, 0.15) is 16.7 Å². The van der Waals surface area contributed by atoms with Gasteiger partial charge in [-0.2, -0.15) is 5.10 Å². The summed E-state index contributed by atoms with van der Waals surface area (Å²) in [7, 11) is 0. The van der Waals surface area contributed by atoms with Crippen LogP contribution in [-0.4, -0.2) is 26.3 Å². The Morgan fingerprint density at radius 3 is 2.75 bits per heavy atom. The van der Waals surface area contributed by atoms with Crippen molar-refractivity contribution in [2.75, 3.05) is 11.1 Å². The predicted octanol–water partition coefficient (Wildman–Crippen LogP) is 4.41. The standard InChI is InChI=1S/C20H14F2N4OS/c21-14-6-7-15(22)17(10-14)24-19(27)12-28-20-18-11-16(13-4-2-1-3-5-13)25-26(18)9-8-23-20/h1-11H,12H2,(H,24,27). The number of benzene rings is 2. The zero-order valence-electron chi connectivity index (χ0n) is 14.5. The molecule has 2 aromatic carbocycles. The second kappa shape index (κ2) is 7.77. The molecule has 0 aliphatic carbocycles. The first kappa shape index (κ1) is 18.1. The van der Waals surface area contributed by atoms with Gasteiger partial charge in [0.2, 0.25) is 5.91 Å². The van der Waals surface area contributed by atoms with E-state index in [9.17, 15) is 13.6 Å². The van der Waals surface area contributed by atoms with E-state index in [-0.39, 0.29) is 11.4 Å². The van der Waals surface area contributed by atoms with Crippen molar-refractivity contribution >= 4 is 28.9 Å². The maximum absolute atomic E-state index is 13.7. The molecule has 0 aliphatic heterocycles. The Labute approximate surface area is 163 Å². The third kappa shape index (κ3) is 3.86. The summed E-state index contributed by atoms with van der Waals surface area (Å²) >= 11 is 1.20. The number of carbonyl (C=O) groups excluding carboxylic acids is 1. The molecule has 0 fully saturated rings. The van der Waals surface area contributed by atoms with Crippen LogP contribution in [0.25, 0.3) is 16.8 Å². The largest absolute Gasteiger partial charge is 0.323 e. The molecule has 0 atom stereocenters. The lowest BCUT2D eigenvalue weighted by Gasteiger charge is -2.06. The van der Waals surface area contributed by atoms with Crippen molar-refractivity contribution in [2.45, 2.75) is 5.03 Å². The first-order chi connectivity index (χ1) is 13.6. The van der Waals surface area contributed by atoms with Crippen molar-refractivity contribution in [3.63, 3.8) is 0 Å². The van der Waals surface area contributed by atoms with Crippen LogP contribution in [0.5, 0.6) is 0 Å². The van der Waals surface area contributed by atoms with Gasteiger partial charge in [0.05, 0.1) is 22.7 Å². The SMILES string of the molecule is O=C(CSc1nccn2nc(-c3ccccc3)cc12)Nc1cc(F)ccc1F. The zero-order chi connectivity index (χ0) is 19.5. The average molecular weight is 396 g/mol. The summed E-state index contributed by atoms with van der Waals surface area (Å²) in [5.41, 5.74) is 2.34. The van der Waals surface area contributed by atoms with Crippen LogP contribution in [0.15, 0.2) is 72.0 Å². The molecule has 5 nitrogen and oxygen atoms in total. The number of thioether (sulfide) groups is 1. The first-order valence-corrected chi connectivity index (χ1v) is 9.36. The smallest absolute Gasteiger partial charge is 0.234 e. The summed E-state index contributed by atoms with van der Waals surface area (Å²) in [5.74, 6) is -1.78. The minimum Gasteiger partial charge on any atom is -0.323 e. The lowest BCUT2D eigenvalue weighted by molar-refractivity contribution is -0.113. The fourth-order valence-corrected chi connectivity index (χ4v) is 3.45. The monoisotopic (exact) mass is 396 g/mol. The van der Waals surface area contributed by atoms with Crippen LogP contribution >= 0.6 is 11.8 Å². The van der Waals surface area contributed by atoms with E-state index in [2.05, 4.69) is 15.4 Å². The Kier molecular flexibility index (Phi) is 5.03. The van der Waals surface area contributed by atoms with Gasteiger partial charge in [0, 0.05) is 24.0 Å². The summed E-state index contributed by atoms with van der Waals surface area (Å²) in [5, 5.41) is 7.52. The van der Waals surface area contributed by atoms with Crippen molar-refractivity contribution in [2.24, 2.45) is 0 Å². The van der Waals surface area contributed by atoms with Crippen molar-refractivity contribution < 1.29 is 13.6 Å². The maximum Gasteiger partial charge on any atom is 0.234 e. The number of rotatable bonds is 5. The van der Waals surface area contributed by atoms with Crippen LogP contribution in [0, 0.1) is 11.6 Å². The van der Waals surface area contributed by atoms with Crippen LogP contribution in [0.3, 0.4) is 0 Å². The van der Waals surface area contributed by atoms with Gasteiger partial charge in [-0.3, -0.25) is 4.79 Å². The number of halogens is 2. The highest BCUT2D eigenvalue weighted by Gasteiger charge is 2.13. The van der Waals surface area contributed by atoms with E-state index in [0.717, 1.165) is 35.0 Å². The van der Waals surface area contributed by atoms with Crippen molar-refractivity contribution in [1.29, 1.82) is 0 Å². The number of amides is 1. The molecule has 8 heteroatoms. The number of fused-ring (bicyclic) bond motifs is 1. The highest BCUT2D eigenvalue weighted by Crippen LogP contribution is 2.26. The van der Waals surface area contributed by atoms with E-state index in [1.165, 1.54) is 11.8 Å². The first-order valence-electron chi connectivity index (χ1n) is 8.38. The van der Waals surface area contributed by atoms with Gasteiger partial charge in [-0.1, -0.05) is 42.1 Å². The third-order valence-electron chi connectivity index (χ3n) is 3.97. The Balaban J connectivity index is 1.51. The molecular weight excluding hydrogens is 382 g/mol. The summed E-state index contributed by atoms with van der Waals surface area (Å²) in [4.78, 5) is 16.5. The van der Waals surface area contributed by atoms with Gasteiger partial charge in [0.15, 0.2) is 0 Å². The molecule has 0 spiro atoms. The fraction of sp³-hybridized carbons (Fsp3) is 0.0500. The quantitative estimate of drug-likeness (QED) is 0.508. The molecule has 28 heavy (non-hydrogen) atoms. The highest BCUT2D eigenvalue weighted by atomic mass is 32.2. The van der Waals surface area contributed by atoms with Crippen LogP contribution in [0.1, 0.15) is 0 Å². The van der Waals surface area contributed by atoms with E-state index in [1.807, 2.05) is 36.4 Å². The molecule has 1 amide bonds. The maximum atomic E-state index is 13.7. The lowest BCUT2D eigenvalue weighted by Crippen LogP contribution is -2.15. The summed E-state index contributed by atoms with van der Waals surface area (Å²) in [6.07, 6.45) is 3.33. The summed E-state index contributed by atoms with van der Waals surface area (Å²) in [6.45, 7) is 0. The number of anilines is 1. The molecule has 1 N–H and O–H groups in total. The van der Waals surface area contributed by atoms with Crippen molar-refractivity contribution in [3.8, 4) is 11.3 Å². The van der Waals surface area contributed by atoms with Gasteiger partial charge in [-0.15, -0.1) is 0 Å². The number of nitrogens with zero attached hydrogens (tertiary/aromatic N) is 3. The predicted molar refractivity (Wildman–Crippen MR) is 104 cm³/mol. The molecule has 140 valence electrons. The second-order valence-electron chi connectivity index (χ2n) is 5.92. The number of nitrogens with one attached hydrogen (secondary N) is 1. The van der Waals surface area contributed by atoms with E-state index in [4.69, 9.17) is 0 Å². The topological polar surface area (TPSA) is 59.3 Å². The lowest BCUT2D eigenvalue weighted by atomic mass is 10.1. The van der Waals surface area contributed by atoms with Gasteiger partial charge in [0.25, 0.3) is 0 Å². The van der Waals surface area contributed by atoms with Crippen LogP contribution in [-0.2, 0) is 4.79 Å². The minimum atomic E-state index is -0.691. The molecular formula is C20H14F2N4OS. The van der Waals surface area contributed by atoms with Gasteiger partial charge in [-0.25, -0.2) is 18.3 Å². The highest BCUT2D eigenvalue weighted by molar-refractivity contribution is 8.00. The summed E-state index contributed by atoms with van der Waals surface area (Å²) < 4.78 is 28.6. The number of aromatic nitrogens is 3. The van der Waals surface area contributed by atoms with Gasteiger partial charge < -0.3 is 5.32 Å². The van der Waals surface area contributed by atoms with Gasteiger partial charge in [-0.05, 0) is 18.2 Å². The average Bonchev–Trinajstić information content (AvgIpc) is 3.15. The number of carbonyl (C=O) groups is 1. The Hall–Kier alpha value is -3.26. The van der Waals surface area contributed by atoms with Crippen molar-refractivity contribution in [3.05, 3.63) is 78.6 Å². The third-order valence-corrected chi connectivity index (χ3v) is 4.96. The second-order valence-corrected chi connectivity index (χ2v) is 6.88. The van der Waals surface area contributed by atoms with E-state index < -0.39 is 17.5 Å². The molecule has 4 aromatic rings. The Bertz CT molecular complexity index is 1150. The number of hydrogen-bond donors (Lipinski definition) is 1. The molecule has 2 heterocycles. The Morgan fingerprint density at radius 2 is 1.93 bits per heavy atom. The zero-order valence-corrected chi connectivity index (χ0v) is 15.3. The van der Waals surface area contributed by atoms with Gasteiger partial charge >= 0.3 is 0 Å². The van der Waals surface area contributed by atoms with E-state index >= 15 is 0 Å². The molecule has 0 unspecified atom stereocenters. The minimum absolute atomic E-state index is 0.00548. The normalized spacial score (nSPS) is 10.9. The molecule has 0 saturated heterocycles. The van der Waals surface area contributed by atoms with Crippen LogP contribution in [0.4, 0.5) is 14.5 Å². The molecule has 4 rings (SSSR count). The summed E-state index contributed by atoms with van der Waals surface area (Å²) in [6, 6.07) is 14.5. The number of hydrogen-bond acceptors (Lipinski definition) is 4. The molecule has 0 bridgehead atoms. The van der Waals surface area contributed by atoms with E-state index in [1.54, 1.807) is 16.9 Å². The molecule has 0 saturated carbocycles. The molecule has 0 radical (unpaired) electrons. The Morgan fingerprint density at radius 1 is 1.11 bits per heavy atom.